The predicted molar refractivity (Wildman–Crippen MR) is 84.1 cm³/mol. The van der Waals surface area contributed by atoms with Gasteiger partial charge in [0.05, 0.1) is 16.3 Å². The number of hydrogen-bond donors (Lipinski definition) is 0. The third-order valence-corrected chi connectivity index (χ3v) is 4.54. The van der Waals surface area contributed by atoms with Gasteiger partial charge in [-0.25, -0.2) is 9.50 Å². The van der Waals surface area contributed by atoms with Crippen molar-refractivity contribution >= 4 is 33.6 Å². The summed E-state index contributed by atoms with van der Waals surface area (Å²) in [6.07, 6.45) is 1.55. The third-order valence-electron chi connectivity index (χ3n) is 3.03. The molecule has 2 heterocycles. The van der Waals surface area contributed by atoms with E-state index < -0.39 is 0 Å². The molecule has 0 fully saturated rings. The van der Waals surface area contributed by atoms with Crippen molar-refractivity contribution in [1.82, 2.24) is 14.6 Å². The molecule has 21 heavy (non-hydrogen) atoms. The van der Waals surface area contributed by atoms with Gasteiger partial charge >= 0.3 is 0 Å². The molecule has 0 saturated heterocycles. The maximum Gasteiger partial charge on any atom is 0.212 e. The SMILES string of the molecule is CC(=NOCc1ccc(Cl)cc1)c1sc2ncnn2c1C. The Morgan fingerprint density at radius 1 is 1.38 bits per heavy atom. The number of aromatic nitrogens is 3. The zero-order valence-electron chi connectivity index (χ0n) is 11.6. The molecule has 0 aliphatic rings. The summed E-state index contributed by atoms with van der Waals surface area (Å²) in [7, 11) is 0. The molecule has 0 aliphatic heterocycles. The van der Waals surface area contributed by atoms with E-state index >= 15 is 0 Å². The van der Waals surface area contributed by atoms with Crippen LogP contribution < -0.4 is 0 Å². The van der Waals surface area contributed by atoms with E-state index in [2.05, 4.69) is 15.2 Å². The molecule has 0 aliphatic carbocycles. The van der Waals surface area contributed by atoms with Gasteiger partial charge in [0.25, 0.3) is 0 Å². The Morgan fingerprint density at radius 3 is 2.86 bits per heavy atom. The van der Waals surface area contributed by atoms with Gasteiger partial charge in [-0.1, -0.05) is 40.2 Å². The fourth-order valence-corrected chi connectivity index (χ4v) is 3.05. The van der Waals surface area contributed by atoms with Crippen molar-refractivity contribution in [3.63, 3.8) is 0 Å². The molecule has 0 spiro atoms. The maximum atomic E-state index is 5.84. The molecule has 0 amide bonds. The standard InChI is InChI=1S/C14H13ClN4OS/c1-9(13-10(2)19-14(21-13)16-8-17-19)18-20-7-11-3-5-12(15)6-4-11/h3-6,8H,7H2,1-2H3. The average molecular weight is 321 g/mol. The molecule has 0 saturated carbocycles. The van der Waals surface area contributed by atoms with E-state index in [1.54, 1.807) is 22.2 Å². The van der Waals surface area contributed by atoms with Crippen molar-refractivity contribution in [3.8, 4) is 0 Å². The van der Waals surface area contributed by atoms with Crippen molar-refractivity contribution in [2.45, 2.75) is 20.5 Å². The lowest BCUT2D eigenvalue weighted by atomic mass is 10.2. The van der Waals surface area contributed by atoms with E-state index in [1.165, 1.54) is 0 Å². The summed E-state index contributed by atoms with van der Waals surface area (Å²) in [4.78, 5) is 11.5. The quantitative estimate of drug-likeness (QED) is 0.544. The molecule has 3 aromatic rings. The zero-order chi connectivity index (χ0) is 14.8. The molecule has 2 aromatic heterocycles. The summed E-state index contributed by atoms with van der Waals surface area (Å²) in [6.45, 7) is 4.32. The van der Waals surface area contributed by atoms with Crippen LogP contribution in [0.25, 0.3) is 4.96 Å². The molecule has 0 atom stereocenters. The number of rotatable bonds is 4. The van der Waals surface area contributed by atoms with Crippen molar-refractivity contribution in [3.05, 3.63) is 51.7 Å². The predicted octanol–water partition coefficient (Wildman–Crippen LogP) is 3.69. The lowest BCUT2D eigenvalue weighted by molar-refractivity contribution is 0.130. The highest BCUT2D eigenvalue weighted by Crippen LogP contribution is 2.21. The van der Waals surface area contributed by atoms with Crippen molar-refractivity contribution in [2.75, 3.05) is 0 Å². The highest BCUT2D eigenvalue weighted by atomic mass is 35.5. The van der Waals surface area contributed by atoms with Crippen LogP contribution in [0.5, 0.6) is 0 Å². The average Bonchev–Trinajstić information content (AvgIpc) is 3.04. The molecule has 0 radical (unpaired) electrons. The Balaban J connectivity index is 1.72. The molecular weight excluding hydrogens is 308 g/mol. The molecular formula is C14H13ClN4OS. The lowest BCUT2D eigenvalue weighted by Gasteiger charge is -2.02. The Labute approximate surface area is 130 Å². The number of thiazole rings is 1. The largest absolute Gasteiger partial charge is 0.391 e. The van der Waals surface area contributed by atoms with Gasteiger partial charge in [0.1, 0.15) is 12.9 Å². The summed E-state index contributed by atoms with van der Waals surface area (Å²) in [5.41, 5.74) is 2.86. The molecule has 5 nitrogen and oxygen atoms in total. The van der Waals surface area contributed by atoms with Gasteiger partial charge in [0.15, 0.2) is 0 Å². The Bertz CT molecular complexity index is 791. The molecule has 1 aromatic carbocycles. The van der Waals surface area contributed by atoms with E-state index in [9.17, 15) is 0 Å². The summed E-state index contributed by atoms with van der Waals surface area (Å²) in [6, 6.07) is 7.50. The zero-order valence-corrected chi connectivity index (χ0v) is 13.1. The second-order valence-corrected chi connectivity index (χ2v) is 5.96. The normalized spacial score (nSPS) is 12.0. The number of benzene rings is 1. The fraction of sp³-hybridized carbons (Fsp3) is 0.214. The topological polar surface area (TPSA) is 51.8 Å². The van der Waals surface area contributed by atoms with Crippen LogP contribution in [0, 0.1) is 6.92 Å². The Kier molecular flexibility index (Phi) is 3.90. The number of aryl methyl sites for hydroxylation is 1. The van der Waals surface area contributed by atoms with Crippen LogP contribution in [0.3, 0.4) is 0 Å². The Morgan fingerprint density at radius 2 is 2.14 bits per heavy atom. The van der Waals surface area contributed by atoms with Gasteiger partial charge < -0.3 is 4.84 Å². The van der Waals surface area contributed by atoms with Gasteiger partial charge in [-0.15, -0.1) is 0 Å². The molecule has 3 rings (SSSR count). The molecule has 0 unspecified atom stereocenters. The second-order valence-electron chi connectivity index (χ2n) is 4.55. The van der Waals surface area contributed by atoms with E-state index in [0.717, 1.165) is 26.8 Å². The van der Waals surface area contributed by atoms with Crippen LogP contribution in [0.15, 0.2) is 35.7 Å². The van der Waals surface area contributed by atoms with Gasteiger partial charge in [0.2, 0.25) is 4.96 Å². The maximum absolute atomic E-state index is 5.84. The highest BCUT2D eigenvalue weighted by molar-refractivity contribution is 7.19. The van der Waals surface area contributed by atoms with Crippen molar-refractivity contribution < 1.29 is 4.84 Å². The van der Waals surface area contributed by atoms with Crippen LogP contribution in [0.2, 0.25) is 5.02 Å². The molecule has 7 heteroatoms. The minimum absolute atomic E-state index is 0.411. The molecule has 108 valence electrons. The van der Waals surface area contributed by atoms with Crippen LogP contribution in [0.4, 0.5) is 0 Å². The monoisotopic (exact) mass is 320 g/mol. The number of halogens is 1. The van der Waals surface area contributed by atoms with Crippen molar-refractivity contribution in [1.29, 1.82) is 0 Å². The third kappa shape index (κ3) is 2.91. The first-order valence-corrected chi connectivity index (χ1v) is 7.55. The minimum Gasteiger partial charge on any atom is -0.391 e. The second kappa shape index (κ2) is 5.83. The number of fused-ring (bicyclic) bond motifs is 1. The summed E-state index contributed by atoms with van der Waals surface area (Å²) in [5.74, 6) is 0. The highest BCUT2D eigenvalue weighted by Gasteiger charge is 2.12. The number of nitrogens with zero attached hydrogens (tertiary/aromatic N) is 4. The fourth-order valence-electron chi connectivity index (χ4n) is 1.95. The van der Waals surface area contributed by atoms with Gasteiger partial charge in [-0.2, -0.15) is 5.10 Å². The van der Waals surface area contributed by atoms with Crippen LogP contribution >= 0.6 is 22.9 Å². The van der Waals surface area contributed by atoms with E-state index in [1.807, 2.05) is 38.1 Å². The lowest BCUT2D eigenvalue weighted by Crippen LogP contribution is -1.98. The number of hydrogen-bond acceptors (Lipinski definition) is 5. The summed E-state index contributed by atoms with van der Waals surface area (Å²) in [5, 5.41) is 9.05. The first-order valence-electron chi connectivity index (χ1n) is 6.35. The summed E-state index contributed by atoms with van der Waals surface area (Å²) < 4.78 is 1.80. The van der Waals surface area contributed by atoms with E-state index in [-0.39, 0.29) is 0 Å². The van der Waals surface area contributed by atoms with Crippen LogP contribution in [0.1, 0.15) is 23.1 Å². The minimum atomic E-state index is 0.411. The van der Waals surface area contributed by atoms with Gasteiger partial charge in [0, 0.05) is 5.02 Å². The van der Waals surface area contributed by atoms with Crippen molar-refractivity contribution in [2.24, 2.45) is 5.16 Å². The summed E-state index contributed by atoms with van der Waals surface area (Å²) >= 11 is 7.39. The van der Waals surface area contributed by atoms with Gasteiger partial charge in [-0.3, -0.25) is 0 Å². The smallest absolute Gasteiger partial charge is 0.212 e. The van der Waals surface area contributed by atoms with Crippen LogP contribution in [-0.4, -0.2) is 20.3 Å². The Hall–Kier alpha value is -1.92. The number of oxime groups is 1. The molecule has 0 bridgehead atoms. The van der Waals surface area contributed by atoms with E-state index in [0.29, 0.717) is 11.6 Å². The molecule has 0 N–H and O–H groups in total. The van der Waals surface area contributed by atoms with Gasteiger partial charge in [-0.05, 0) is 31.5 Å². The van der Waals surface area contributed by atoms with Crippen LogP contribution in [-0.2, 0) is 11.4 Å². The first kappa shape index (κ1) is 14.0. The van der Waals surface area contributed by atoms with E-state index in [4.69, 9.17) is 16.4 Å². The first-order chi connectivity index (χ1) is 10.1.